The zero-order valence-corrected chi connectivity index (χ0v) is 15.3. The number of aryl methyl sites for hydroxylation is 2. The van der Waals surface area contributed by atoms with Crippen LogP contribution < -0.4 is 10.1 Å². The maximum Gasteiger partial charge on any atom is 0.326 e. The van der Waals surface area contributed by atoms with Gasteiger partial charge in [0.2, 0.25) is 5.91 Å². The van der Waals surface area contributed by atoms with Crippen molar-refractivity contribution in [1.29, 1.82) is 0 Å². The summed E-state index contributed by atoms with van der Waals surface area (Å²) in [7, 11) is 0. The monoisotopic (exact) mass is 362 g/mol. The summed E-state index contributed by atoms with van der Waals surface area (Å²) in [5, 5.41) is 11.8. The Labute approximate surface area is 153 Å². The summed E-state index contributed by atoms with van der Waals surface area (Å²) in [6.07, 6.45) is 4.44. The van der Waals surface area contributed by atoms with E-state index in [1.807, 2.05) is 18.2 Å². The van der Waals surface area contributed by atoms with Crippen molar-refractivity contribution < 1.29 is 24.2 Å². The number of carbonyl (C=O) groups is 3. The number of carbonyl (C=O) groups excluding carboxylic acids is 2. The van der Waals surface area contributed by atoms with Gasteiger partial charge < -0.3 is 20.1 Å². The van der Waals surface area contributed by atoms with Gasteiger partial charge in [-0.2, -0.15) is 0 Å². The first-order valence-electron chi connectivity index (χ1n) is 8.90. The van der Waals surface area contributed by atoms with Crippen LogP contribution in [-0.4, -0.2) is 53.5 Å². The zero-order chi connectivity index (χ0) is 19.1. The van der Waals surface area contributed by atoms with Crippen molar-refractivity contribution in [2.45, 2.75) is 45.6 Å². The molecule has 0 bridgehead atoms. The highest BCUT2D eigenvalue weighted by molar-refractivity contribution is 5.84. The third kappa shape index (κ3) is 5.47. The molecular weight excluding hydrogens is 336 g/mol. The molecule has 1 aromatic carbocycles. The Morgan fingerprint density at radius 1 is 1.23 bits per heavy atom. The minimum atomic E-state index is -1.10. The number of hydrogen-bond acceptors (Lipinski definition) is 4. The SMILES string of the molecule is CC(=O)NCCN(C(=O)COc1ccc2c(c1)CCCC2)C(C)C(=O)O. The van der Waals surface area contributed by atoms with E-state index >= 15 is 0 Å². The van der Waals surface area contributed by atoms with Gasteiger partial charge in [0.1, 0.15) is 11.8 Å². The van der Waals surface area contributed by atoms with Crippen molar-refractivity contribution in [2.75, 3.05) is 19.7 Å². The highest BCUT2D eigenvalue weighted by Crippen LogP contribution is 2.25. The van der Waals surface area contributed by atoms with E-state index in [0.717, 1.165) is 19.3 Å². The molecule has 1 aliphatic rings. The number of rotatable bonds is 8. The number of ether oxygens (including phenoxy) is 1. The number of amides is 2. The minimum Gasteiger partial charge on any atom is -0.484 e. The number of fused-ring (bicyclic) bond motifs is 1. The Balaban J connectivity index is 1.97. The number of nitrogens with one attached hydrogen (secondary N) is 1. The van der Waals surface area contributed by atoms with E-state index in [9.17, 15) is 19.5 Å². The van der Waals surface area contributed by atoms with Crippen molar-refractivity contribution in [3.05, 3.63) is 29.3 Å². The van der Waals surface area contributed by atoms with Crippen LogP contribution in [0.15, 0.2) is 18.2 Å². The van der Waals surface area contributed by atoms with Crippen molar-refractivity contribution in [3.8, 4) is 5.75 Å². The van der Waals surface area contributed by atoms with Gasteiger partial charge >= 0.3 is 5.97 Å². The van der Waals surface area contributed by atoms with E-state index in [1.165, 1.54) is 36.3 Å². The minimum absolute atomic E-state index is 0.111. The van der Waals surface area contributed by atoms with E-state index in [-0.39, 0.29) is 25.6 Å². The molecule has 1 unspecified atom stereocenters. The van der Waals surface area contributed by atoms with Crippen molar-refractivity contribution in [3.63, 3.8) is 0 Å². The summed E-state index contributed by atoms with van der Waals surface area (Å²) in [4.78, 5) is 35.9. The van der Waals surface area contributed by atoms with Gasteiger partial charge in [-0.25, -0.2) is 4.79 Å². The highest BCUT2D eigenvalue weighted by atomic mass is 16.5. The van der Waals surface area contributed by atoms with Gasteiger partial charge in [-0.15, -0.1) is 0 Å². The number of aliphatic carboxylic acids is 1. The molecule has 0 radical (unpaired) electrons. The molecule has 2 amide bonds. The summed E-state index contributed by atoms with van der Waals surface area (Å²) >= 11 is 0. The van der Waals surface area contributed by atoms with Gasteiger partial charge in [0, 0.05) is 20.0 Å². The molecule has 7 nitrogen and oxygen atoms in total. The lowest BCUT2D eigenvalue weighted by atomic mass is 9.92. The molecule has 1 atom stereocenters. The van der Waals surface area contributed by atoms with Crippen LogP contribution in [0, 0.1) is 0 Å². The van der Waals surface area contributed by atoms with E-state index in [0.29, 0.717) is 5.75 Å². The molecule has 0 fully saturated rings. The molecular formula is C19H26N2O5. The van der Waals surface area contributed by atoms with Gasteiger partial charge in [-0.05, 0) is 55.9 Å². The topological polar surface area (TPSA) is 95.9 Å². The average molecular weight is 362 g/mol. The van der Waals surface area contributed by atoms with Gasteiger partial charge in [-0.1, -0.05) is 6.07 Å². The third-order valence-corrected chi connectivity index (χ3v) is 4.55. The highest BCUT2D eigenvalue weighted by Gasteiger charge is 2.25. The fourth-order valence-corrected chi connectivity index (χ4v) is 3.05. The van der Waals surface area contributed by atoms with E-state index in [4.69, 9.17) is 4.74 Å². The molecule has 0 spiro atoms. The van der Waals surface area contributed by atoms with Gasteiger partial charge in [-0.3, -0.25) is 9.59 Å². The van der Waals surface area contributed by atoms with Crippen LogP contribution in [0.4, 0.5) is 0 Å². The Bertz CT molecular complexity index is 674. The van der Waals surface area contributed by atoms with Crippen molar-refractivity contribution in [1.82, 2.24) is 10.2 Å². The lowest BCUT2D eigenvalue weighted by Gasteiger charge is -2.26. The van der Waals surface area contributed by atoms with Crippen LogP contribution in [-0.2, 0) is 27.2 Å². The fourth-order valence-electron chi connectivity index (χ4n) is 3.05. The predicted molar refractivity (Wildman–Crippen MR) is 96.1 cm³/mol. The predicted octanol–water partition coefficient (Wildman–Crippen LogP) is 1.38. The summed E-state index contributed by atoms with van der Waals surface area (Å²) in [5.74, 6) is -1.15. The van der Waals surface area contributed by atoms with Gasteiger partial charge in [0.15, 0.2) is 6.61 Å². The number of carboxylic acid groups (broad SMARTS) is 1. The molecule has 0 aliphatic heterocycles. The molecule has 26 heavy (non-hydrogen) atoms. The number of carboxylic acids is 1. The third-order valence-electron chi connectivity index (χ3n) is 4.55. The first kappa shape index (κ1) is 19.8. The van der Waals surface area contributed by atoms with E-state index in [2.05, 4.69) is 5.32 Å². The number of nitrogens with zero attached hydrogens (tertiary/aromatic N) is 1. The zero-order valence-electron chi connectivity index (χ0n) is 15.3. The quantitative estimate of drug-likeness (QED) is 0.728. The largest absolute Gasteiger partial charge is 0.484 e. The fraction of sp³-hybridized carbons (Fsp3) is 0.526. The molecule has 142 valence electrons. The summed E-state index contributed by atoms with van der Waals surface area (Å²) in [6.45, 7) is 2.87. The van der Waals surface area contributed by atoms with Crippen LogP contribution in [0.25, 0.3) is 0 Å². The smallest absolute Gasteiger partial charge is 0.326 e. The second-order valence-corrected chi connectivity index (χ2v) is 6.51. The lowest BCUT2D eigenvalue weighted by molar-refractivity contribution is -0.150. The standard InChI is InChI=1S/C19H26N2O5/c1-13(19(24)25)21(10-9-20-14(2)22)18(23)12-26-17-8-7-15-5-3-4-6-16(15)11-17/h7-8,11,13H,3-6,9-10,12H2,1-2H3,(H,20,22)(H,24,25). The maximum absolute atomic E-state index is 12.5. The number of hydrogen-bond donors (Lipinski definition) is 2. The Morgan fingerprint density at radius 3 is 2.58 bits per heavy atom. The second-order valence-electron chi connectivity index (χ2n) is 6.51. The van der Waals surface area contributed by atoms with Gasteiger partial charge in [0.25, 0.3) is 5.91 Å². The van der Waals surface area contributed by atoms with E-state index in [1.54, 1.807) is 0 Å². The van der Waals surface area contributed by atoms with E-state index < -0.39 is 17.9 Å². The Kier molecular flexibility index (Phi) is 7.00. The molecule has 2 N–H and O–H groups in total. The van der Waals surface area contributed by atoms with Crippen LogP contribution in [0.3, 0.4) is 0 Å². The first-order valence-corrected chi connectivity index (χ1v) is 8.90. The molecule has 0 saturated heterocycles. The van der Waals surface area contributed by atoms with Crippen LogP contribution >= 0.6 is 0 Å². The first-order chi connectivity index (χ1) is 12.4. The van der Waals surface area contributed by atoms with Gasteiger partial charge in [0.05, 0.1) is 0 Å². The lowest BCUT2D eigenvalue weighted by Crippen LogP contribution is -2.48. The molecule has 0 aromatic heterocycles. The van der Waals surface area contributed by atoms with Crippen LogP contribution in [0.5, 0.6) is 5.75 Å². The molecule has 1 aromatic rings. The summed E-state index contributed by atoms with van der Waals surface area (Å²) in [6, 6.07) is 4.84. The summed E-state index contributed by atoms with van der Waals surface area (Å²) in [5.41, 5.74) is 2.58. The normalized spacial score (nSPS) is 14.1. The molecule has 2 rings (SSSR count). The van der Waals surface area contributed by atoms with Crippen LogP contribution in [0.1, 0.15) is 37.8 Å². The molecule has 7 heteroatoms. The average Bonchev–Trinajstić information content (AvgIpc) is 2.62. The van der Waals surface area contributed by atoms with Crippen LogP contribution in [0.2, 0.25) is 0 Å². The molecule has 0 saturated carbocycles. The maximum atomic E-state index is 12.5. The van der Waals surface area contributed by atoms with Crippen molar-refractivity contribution in [2.24, 2.45) is 0 Å². The number of benzene rings is 1. The van der Waals surface area contributed by atoms with Crippen molar-refractivity contribution >= 4 is 17.8 Å². The molecule has 0 heterocycles. The Hall–Kier alpha value is -2.57. The summed E-state index contributed by atoms with van der Waals surface area (Å²) < 4.78 is 5.60. The molecule has 1 aliphatic carbocycles. The Morgan fingerprint density at radius 2 is 1.92 bits per heavy atom. The second kappa shape index (κ2) is 9.22.